The lowest BCUT2D eigenvalue weighted by Crippen LogP contribution is -2.12. The van der Waals surface area contributed by atoms with E-state index in [1.54, 1.807) is 35.3 Å². The molecule has 1 amide bonds. The summed E-state index contributed by atoms with van der Waals surface area (Å²) in [7, 11) is 0. The molecule has 3 rings (SSSR count). The molecule has 0 fully saturated rings. The topological polar surface area (TPSA) is 59.8 Å². The van der Waals surface area contributed by atoms with E-state index in [2.05, 4.69) is 15.4 Å². The summed E-state index contributed by atoms with van der Waals surface area (Å²) in [6.07, 6.45) is 3.07. The molecule has 0 spiro atoms. The summed E-state index contributed by atoms with van der Waals surface area (Å²) in [5, 5.41) is 7.56. The van der Waals surface area contributed by atoms with E-state index in [0.29, 0.717) is 10.6 Å². The van der Waals surface area contributed by atoms with Crippen molar-refractivity contribution in [2.24, 2.45) is 0 Å². The van der Waals surface area contributed by atoms with E-state index in [4.69, 9.17) is 11.6 Å². The van der Waals surface area contributed by atoms with E-state index in [1.165, 1.54) is 6.33 Å². The Bertz CT molecular complexity index is 798. The van der Waals surface area contributed by atoms with Crippen LogP contribution in [0.2, 0.25) is 5.02 Å². The van der Waals surface area contributed by atoms with Gasteiger partial charge in [0.25, 0.3) is 5.91 Å². The summed E-state index contributed by atoms with van der Waals surface area (Å²) in [4.78, 5) is 16.2. The van der Waals surface area contributed by atoms with Gasteiger partial charge in [-0.3, -0.25) is 4.79 Å². The minimum atomic E-state index is -0.171. The number of aromatic nitrogens is 3. The molecule has 6 heteroatoms. The normalized spacial score (nSPS) is 10.5. The minimum Gasteiger partial charge on any atom is -0.322 e. The van der Waals surface area contributed by atoms with Crippen LogP contribution in [-0.4, -0.2) is 20.7 Å². The highest BCUT2D eigenvalue weighted by atomic mass is 35.5. The van der Waals surface area contributed by atoms with E-state index >= 15 is 0 Å². The second kappa shape index (κ2) is 5.99. The monoisotopic (exact) mass is 312 g/mol. The maximum absolute atomic E-state index is 12.3. The standard InChI is InChI=1S/C16H13ClN4O/c1-11-8-13(17)4-7-15(11)20-16(22)12-2-5-14(6-3-12)21-10-18-9-19-21/h2-10H,1H3,(H,20,22). The Morgan fingerprint density at radius 2 is 1.95 bits per heavy atom. The molecule has 0 unspecified atom stereocenters. The van der Waals surface area contributed by atoms with Crippen molar-refractivity contribution in [1.82, 2.24) is 14.8 Å². The summed E-state index contributed by atoms with van der Waals surface area (Å²) in [6, 6.07) is 12.5. The number of benzene rings is 2. The Hall–Kier alpha value is -2.66. The van der Waals surface area contributed by atoms with Gasteiger partial charge in [-0.05, 0) is 55.0 Å². The highest BCUT2D eigenvalue weighted by Gasteiger charge is 2.08. The first-order valence-electron chi connectivity index (χ1n) is 6.66. The molecule has 110 valence electrons. The van der Waals surface area contributed by atoms with Crippen molar-refractivity contribution in [2.75, 3.05) is 5.32 Å². The number of nitrogens with zero attached hydrogens (tertiary/aromatic N) is 3. The van der Waals surface area contributed by atoms with Crippen LogP contribution in [0, 0.1) is 6.92 Å². The van der Waals surface area contributed by atoms with Gasteiger partial charge in [-0.1, -0.05) is 11.6 Å². The van der Waals surface area contributed by atoms with Gasteiger partial charge in [0, 0.05) is 16.3 Å². The van der Waals surface area contributed by atoms with Crippen molar-refractivity contribution < 1.29 is 4.79 Å². The zero-order chi connectivity index (χ0) is 15.5. The molecular formula is C16H13ClN4O. The Labute approximate surface area is 132 Å². The molecule has 5 nitrogen and oxygen atoms in total. The Balaban J connectivity index is 1.77. The maximum Gasteiger partial charge on any atom is 0.255 e. The zero-order valence-corrected chi connectivity index (χ0v) is 12.6. The number of rotatable bonds is 3. The lowest BCUT2D eigenvalue weighted by atomic mass is 10.1. The van der Waals surface area contributed by atoms with Crippen molar-refractivity contribution in [3.63, 3.8) is 0 Å². The van der Waals surface area contributed by atoms with Crippen LogP contribution in [-0.2, 0) is 0 Å². The van der Waals surface area contributed by atoms with Crippen LogP contribution in [0.15, 0.2) is 55.1 Å². The predicted octanol–water partition coefficient (Wildman–Crippen LogP) is 3.48. The number of hydrogen-bond donors (Lipinski definition) is 1. The molecule has 22 heavy (non-hydrogen) atoms. The Kier molecular flexibility index (Phi) is 3.89. The third-order valence-electron chi connectivity index (χ3n) is 3.25. The molecule has 0 saturated carbocycles. The number of hydrogen-bond acceptors (Lipinski definition) is 3. The van der Waals surface area contributed by atoms with E-state index in [1.807, 2.05) is 25.1 Å². The molecule has 0 aliphatic carbocycles. The molecule has 1 heterocycles. The van der Waals surface area contributed by atoms with Crippen LogP contribution >= 0.6 is 11.6 Å². The molecular weight excluding hydrogens is 300 g/mol. The largest absolute Gasteiger partial charge is 0.322 e. The molecule has 3 aromatic rings. The molecule has 0 atom stereocenters. The molecule has 1 aromatic heterocycles. The van der Waals surface area contributed by atoms with Crippen LogP contribution in [0.3, 0.4) is 0 Å². The van der Waals surface area contributed by atoms with E-state index in [0.717, 1.165) is 16.9 Å². The first-order valence-corrected chi connectivity index (χ1v) is 7.04. The highest BCUT2D eigenvalue weighted by molar-refractivity contribution is 6.30. The number of nitrogens with one attached hydrogen (secondary N) is 1. The van der Waals surface area contributed by atoms with E-state index in [-0.39, 0.29) is 5.91 Å². The Morgan fingerprint density at radius 1 is 1.18 bits per heavy atom. The van der Waals surface area contributed by atoms with Crippen molar-refractivity contribution in [1.29, 1.82) is 0 Å². The molecule has 0 saturated heterocycles. The van der Waals surface area contributed by atoms with Gasteiger partial charge in [0.05, 0.1) is 5.69 Å². The second-order valence-electron chi connectivity index (χ2n) is 4.80. The molecule has 0 radical (unpaired) electrons. The van der Waals surface area contributed by atoms with Gasteiger partial charge in [0.2, 0.25) is 0 Å². The number of carbonyl (C=O) groups is 1. The van der Waals surface area contributed by atoms with Crippen LogP contribution in [0.25, 0.3) is 5.69 Å². The fraction of sp³-hybridized carbons (Fsp3) is 0.0625. The number of halogens is 1. The third kappa shape index (κ3) is 2.99. The number of amides is 1. The average molecular weight is 313 g/mol. The molecule has 2 aromatic carbocycles. The second-order valence-corrected chi connectivity index (χ2v) is 5.24. The van der Waals surface area contributed by atoms with Gasteiger partial charge < -0.3 is 5.32 Å². The van der Waals surface area contributed by atoms with Crippen LogP contribution in [0.1, 0.15) is 15.9 Å². The van der Waals surface area contributed by atoms with Crippen LogP contribution in [0.4, 0.5) is 5.69 Å². The van der Waals surface area contributed by atoms with Crippen LogP contribution < -0.4 is 5.32 Å². The van der Waals surface area contributed by atoms with Gasteiger partial charge >= 0.3 is 0 Å². The summed E-state index contributed by atoms with van der Waals surface area (Å²) < 4.78 is 1.63. The van der Waals surface area contributed by atoms with Gasteiger partial charge in [-0.2, -0.15) is 5.10 Å². The minimum absolute atomic E-state index is 0.171. The van der Waals surface area contributed by atoms with Gasteiger partial charge in [-0.15, -0.1) is 0 Å². The molecule has 1 N–H and O–H groups in total. The summed E-state index contributed by atoms with van der Waals surface area (Å²) in [5.74, 6) is -0.171. The number of carbonyl (C=O) groups excluding carboxylic acids is 1. The van der Waals surface area contributed by atoms with E-state index in [9.17, 15) is 4.79 Å². The Morgan fingerprint density at radius 3 is 2.59 bits per heavy atom. The van der Waals surface area contributed by atoms with Gasteiger partial charge in [0.15, 0.2) is 0 Å². The van der Waals surface area contributed by atoms with Crippen molar-refractivity contribution in [2.45, 2.75) is 6.92 Å². The quantitative estimate of drug-likeness (QED) is 0.805. The maximum atomic E-state index is 12.3. The summed E-state index contributed by atoms with van der Waals surface area (Å²) >= 11 is 5.91. The van der Waals surface area contributed by atoms with Crippen molar-refractivity contribution in [3.8, 4) is 5.69 Å². The first kappa shape index (κ1) is 14.3. The van der Waals surface area contributed by atoms with Crippen LogP contribution in [0.5, 0.6) is 0 Å². The molecule has 0 aliphatic rings. The fourth-order valence-corrected chi connectivity index (χ4v) is 2.30. The van der Waals surface area contributed by atoms with Gasteiger partial charge in [-0.25, -0.2) is 9.67 Å². The average Bonchev–Trinajstić information content (AvgIpc) is 3.04. The zero-order valence-electron chi connectivity index (χ0n) is 11.8. The van der Waals surface area contributed by atoms with Crippen molar-refractivity contribution >= 4 is 23.2 Å². The summed E-state index contributed by atoms with van der Waals surface area (Å²) in [6.45, 7) is 1.90. The number of aryl methyl sites for hydroxylation is 1. The number of anilines is 1. The van der Waals surface area contributed by atoms with Gasteiger partial charge in [0.1, 0.15) is 12.7 Å². The SMILES string of the molecule is Cc1cc(Cl)ccc1NC(=O)c1ccc(-n2cncn2)cc1. The third-order valence-corrected chi connectivity index (χ3v) is 3.48. The smallest absolute Gasteiger partial charge is 0.255 e. The lowest BCUT2D eigenvalue weighted by Gasteiger charge is -2.09. The molecule has 0 aliphatic heterocycles. The first-order chi connectivity index (χ1) is 10.6. The van der Waals surface area contributed by atoms with Crippen molar-refractivity contribution in [3.05, 3.63) is 71.3 Å². The molecule has 0 bridgehead atoms. The highest BCUT2D eigenvalue weighted by Crippen LogP contribution is 2.20. The summed E-state index contributed by atoms with van der Waals surface area (Å²) in [5.41, 5.74) is 3.07. The lowest BCUT2D eigenvalue weighted by molar-refractivity contribution is 0.102. The predicted molar refractivity (Wildman–Crippen MR) is 85.5 cm³/mol. The fourth-order valence-electron chi connectivity index (χ4n) is 2.07. The van der Waals surface area contributed by atoms with E-state index < -0.39 is 0 Å².